The van der Waals surface area contributed by atoms with E-state index in [1.165, 1.54) is 12.5 Å². The van der Waals surface area contributed by atoms with Gasteiger partial charge in [-0.1, -0.05) is 19.8 Å². The van der Waals surface area contributed by atoms with Crippen molar-refractivity contribution in [1.82, 2.24) is 5.32 Å². The van der Waals surface area contributed by atoms with Gasteiger partial charge in [-0.15, -0.1) is 0 Å². The first kappa shape index (κ1) is 19.6. The monoisotopic (exact) mass is 454 g/mol. The molecule has 1 fully saturated rings. The number of hydrogen-bond acceptors (Lipinski definition) is 4. The van der Waals surface area contributed by atoms with Crippen molar-refractivity contribution in [3.63, 3.8) is 0 Å². The standard InChI is InChI=1S/C19H23IN2O3/c1-3-25-17-10-13(9-15(20)18(17)23)8-14(11-21)19(24)22-16-7-5-4-6-12(16)2/h8-10,12,16,23H,3-7H2,1-2H3,(H,22,24)/b14-8+/t12-,16-/m1/s1. The molecule has 1 aromatic rings. The van der Waals surface area contributed by atoms with Crippen LogP contribution in [0.4, 0.5) is 0 Å². The Hall–Kier alpha value is -1.75. The Morgan fingerprint density at radius 1 is 1.48 bits per heavy atom. The lowest BCUT2D eigenvalue weighted by Gasteiger charge is -2.29. The van der Waals surface area contributed by atoms with Crippen LogP contribution in [0.3, 0.4) is 0 Å². The van der Waals surface area contributed by atoms with Gasteiger partial charge in [0.25, 0.3) is 5.91 Å². The van der Waals surface area contributed by atoms with Crippen molar-refractivity contribution in [3.05, 3.63) is 26.8 Å². The number of halogens is 1. The predicted molar refractivity (Wildman–Crippen MR) is 105 cm³/mol. The van der Waals surface area contributed by atoms with E-state index < -0.39 is 0 Å². The maximum absolute atomic E-state index is 12.5. The van der Waals surface area contributed by atoms with Gasteiger partial charge >= 0.3 is 0 Å². The lowest BCUT2D eigenvalue weighted by molar-refractivity contribution is -0.118. The number of rotatable bonds is 5. The topological polar surface area (TPSA) is 82.3 Å². The molecule has 2 N–H and O–H groups in total. The maximum Gasteiger partial charge on any atom is 0.262 e. The second kappa shape index (κ2) is 9.09. The Morgan fingerprint density at radius 3 is 2.84 bits per heavy atom. The summed E-state index contributed by atoms with van der Waals surface area (Å²) in [5.74, 6) is 0.497. The van der Waals surface area contributed by atoms with Crippen LogP contribution in [0, 0.1) is 20.8 Å². The Kier molecular flexibility index (Phi) is 7.12. The lowest BCUT2D eigenvalue weighted by Crippen LogP contribution is -2.41. The second-order valence-electron chi connectivity index (χ2n) is 6.29. The molecule has 0 radical (unpaired) electrons. The number of ether oxygens (including phenoxy) is 1. The SMILES string of the molecule is CCOc1cc(/C=C(\C#N)C(=O)N[C@@H]2CCCC[C@H]2C)cc(I)c1O. The third-order valence-corrected chi connectivity index (χ3v) is 5.28. The summed E-state index contributed by atoms with van der Waals surface area (Å²) in [6.07, 6.45) is 5.89. The summed E-state index contributed by atoms with van der Waals surface area (Å²) in [6, 6.07) is 5.45. The average molecular weight is 454 g/mol. The van der Waals surface area contributed by atoms with Gasteiger partial charge < -0.3 is 15.2 Å². The van der Waals surface area contributed by atoms with E-state index in [4.69, 9.17) is 4.74 Å². The van der Waals surface area contributed by atoms with Crippen LogP contribution in [0.1, 0.15) is 45.1 Å². The molecule has 0 bridgehead atoms. The predicted octanol–water partition coefficient (Wildman–Crippen LogP) is 4.00. The van der Waals surface area contributed by atoms with Gasteiger partial charge in [0.2, 0.25) is 0 Å². The highest BCUT2D eigenvalue weighted by molar-refractivity contribution is 14.1. The quantitative estimate of drug-likeness (QED) is 0.401. The minimum atomic E-state index is -0.345. The zero-order chi connectivity index (χ0) is 18.4. The number of aromatic hydroxyl groups is 1. The molecule has 0 unspecified atom stereocenters. The fraction of sp³-hybridized carbons (Fsp3) is 0.474. The van der Waals surface area contributed by atoms with Crippen LogP contribution in [0.2, 0.25) is 0 Å². The normalized spacial score (nSPS) is 20.6. The summed E-state index contributed by atoms with van der Waals surface area (Å²) >= 11 is 2.00. The first-order valence-electron chi connectivity index (χ1n) is 8.54. The second-order valence-corrected chi connectivity index (χ2v) is 7.46. The zero-order valence-corrected chi connectivity index (χ0v) is 16.7. The fourth-order valence-electron chi connectivity index (χ4n) is 3.03. The van der Waals surface area contributed by atoms with Gasteiger partial charge in [-0.25, -0.2) is 0 Å². The van der Waals surface area contributed by atoms with E-state index in [-0.39, 0.29) is 23.3 Å². The van der Waals surface area contributed by atoms with Gasteiger partial charge in [0.15, 0.2) is 11.5 Å². The largest absolute Gasteiger partial charge is 0.504 e. The van der Waals surface area contributed by atoms with Crippen molar-refractivity contribution in [2.75, 3.05) is 6.61 Å². The van der Waals surface area contributed by atoms with E-state index in [0.717, 1.165) is 19.3 Å². The maximum atomic E-state index is 12.5. The molecule has 0 aliphatic heterocycles. The van der Waals surface area contributed by atoms with Crippen LogP contribution in [-0.4, -0.2) is 23.7 Å². The van der Waals surface area contributed by atoms with Gasteiger partial charge in [-0.3, -0.25) is 4.79 Å². The van der Waals surface area contributed by atoms with Gasteiger partial charge in [-0.05, 0) is 72.0 Å². The van der Waals surface area contributed by atoms with E-state index in [0.29, 0.717) is 27.4 Å². The number of carbonyl (C=O) groups excluding carboxylic acids is 1. The van der Waals surface area contributed by atoms with Crippen LogP contribution < -0.4 is 10.1 Å². The van der Waals surface area contributed by atoms with Gasteiger partial charge in [0, 0.05) is 6.04 Å². The highest BCUT2D eigenvalue weighted by Gasteiger charge is 2.24. The summed E-state index contributed by atoms with van der Waals surface area (Å²) in [5, 5.41) is 22.4. The van der Waals surface area contributed by atoms with Crippen molar-refractivity contribution >= 4 is 34.6 Å². The molecule has 5 nitrogen and oxygen atoms in total. The molecule has 134 valence electrons. The van der Waals surface area contributed by atoms with Gasteiger partial charge in [-0.2, -0.15) is 5.26 Å². The number of benzene rings is 1. The van der Waals surface area contributed by atoms with Gasteiger partial charge in [0.05, 0.1) is 10.2 Å². The third-order valence-electron chi connectivity index (χ3n) is 4.45. The summed E-state index contributed by atoms with van der Waals surface area (Å²) in [7, 11) is 0. The van der Waals surface area contributed by atoms with E-state index >= 15 is 0 Å². The Balaban J connectivity index is 2.21. The average Bonchev–Trinajstić information content (AvgIpc) is 2.59. The molecule has 1 aliphatic rings. The van der Waals surface area contributed by atoms with Gasteiger partial charge in [0.1, 0.15) is 11.6 Å². The number of hydrogen-bond donors (Lipinski definition) is 2. The van der Waals surface area contributed by atoms with E-state index in [9.17, 15) is 15.2 Å². The molecule has 2 atom stereocenters. The van der Waals surface area contributed by atoms with Crippen molar-refractivity contribution in [1.29, 1.82) is 5.26 Å². The molecule has 0 heterocycles. The van der Waals surface area contributed by atoms with Crippen LogP contribution in [0.25, 0.3) is 6.08 Å². The number of carbonyl (C=O) groups is 1. The summed E-state index contributed by atoms with van der Waals surface area (Å²) < 4.78 is 6.01. The molecule has 1 amide bonds. The molecule has 1 saturated carbocycles. The molecule has 25 heavy (non-hydrogen) atoms. The fourth-order valence-corrected chi connectivity index (χ4v) is 3.66. The molecule has 0 saturated heterocycles. The Bertz CT molecular complexity index is 709. The molecule has 6 heteroatoms. The molecule has 1 aliphatic carbocycles. The highest BCUT2D eigenvalue weighted by Crippen LogP contribution is 2.33. The molecule has 1 aromatic carbocycles. The minimum Gasteiger partial charge on any atom is -0.504 e. The third kappa shape index (κ3) is 5.11. The molecule has 0 aromatic heterocycles. The van der Waals surface area contributed by atoms with Crippen molar-refractivity contribution in [2.24, 2.45) is 5.92 Å². The Morgan fingerprint density at radius 2 is 2.20 bits per heavy atom. The number of nitriles is 1. The smallest absolute Gasteiger partial charge is 0.262 e. The zero-order valence-electron chi connectivity index (χ0n) is 14.5. The number of nitrogens with one attached hydrogen (secondary N) is 1. The van der Waals surface area contributed by atoms with Crippen LogP contribution in [0.5, 0.6) is 11.5 Å². The Labute approximate surface area is 162 Å². The van der Waals surface area contributed by atoms with Crippen LogP contribution in [0.15, 0.2) is 17.7 Å². The first-order chi connectivity index (χ1) is 12.0. The first-order valence-corrected chi connectivity index (χ1v) is 9.62. The van der Waals surface area contributed by atoms with Crippen molar-refractivity contribution < 1.29 is 14.6 Å². The minimum absolute atomic E-state index is 0.0571. The number of nitrogens with zero attached hydrogens (tertiary/aromatic N) is 1. The number of phenols is 1. The highest BCUT2D eigenvalue weighted by atomic mass is 127. The summed E-state index contributed by atoms with van der Waals surface area (Å²) in [5.41, 5.74) is 0.704. The molecule has 0 spiro atoms. The van der Waals surface area contributed by atoms with Crippen molar-refractivity contribution in [2.45, 2.75) is 45.6 Å². The van der Waals surface area contributed by atoms with Crippen LogP contribution >= 0.6 is 22.6 Å². The summed E-state index contributed by atoms with van der Waals surface area (Å²) in [4.78, 5) is 12.5. The van der Waals surface area contributed by atoms with E-state index in [1.54, 1.807) is 12.1 Å². The van der Waals surface area contributed by atoms with Crippen molar-refractivity contribution in [3.8, 4) is 17.6 Å². The van der Waals surface area contributed by atoms with E-state index in [2.05, 4.69) is 12.2 Å². The molecule has 2 rings (SSSR count). The lowest BCUT2D eigenvalue weighted by atomic mass is 9.86. The number of phenolic OH excluding ortho intramolecular Hbond substituents is 1. The van der Waals surface area contributed by atoms with Crippen LogP contribution in [-0.2, 0) is 4.79 Å². The van der Waals surface area contributed by atoms with E-state index in [1.807, 2.05) is 35.6 Å². The summed E-state index contributed by atoms with van der Waals surface area (Å²) in [6.45, 7) is 4.38. The molecular formula is C19H23IN2O3. The number of amides is 1. The molecular weight excluding hydrogens is 431 g/mol.